The van der Waals surface area contributed by atoms with Gasteiger partial charge in [-0.1, -0.05) is 37.2 Å². The number of primary amides is 1. The average molecular weight is 451 g/mol. The van der Waals surface area contributed by atoms with E-state index in [9.17, 15) is 14.4 Å². The molecule has 7 nitrogen and oxygen atoms in total. The van der Waals surface area contributed by atoms with Gasteiger partial charge in [-0.05, 0) is 35.6 Å². The Balaban J connectivity index is 1.85. The van der Waals surface area contributed by atoms with E-state index in [1.54, 1.807) is 34.2 Å². The number of rotatable bonds is 7. The minimum absolute atomic E-state index is 0.0275. The fourth-order valence-electron chi connectivity index (χ4n) is 2.70. The van der Waals surface area contributed by atoms with Crippen LogP contribution in [0.3, 0.4) is 0 Å². The van der Waals surface area contributed by atoms with Gasteiger partial charge in [0, 0.05) is 11.6 Å². The van der Waals surface area contributed by atoms with E-state index in [0.29, 0.717) is 32.6 Å². The second-order valence-corrected chi connectivity index (χ2v) is 9.03. The molecule has 0 bridgehead atoms. The maximum absolute atomic E-state index is 13.0. The van der Waals surface area contributed by atoms with Crippen LogP contribution in [0.25, 0.3) is 10.9 Å². The predicted octanol–water partition coefficient (Wildman–Crippen LogP) is 3.60. The predicted molar refractivity (Wildman–Crippen MR) is 118 cm³/mol. The standard InChI is InChI=1S/C19H19ClN4O3S2/c1-10(2)8-24-18(27)13-7-11(20)3-4-14(13)22-19(24)29-9-15(25)23-17-12(16(21)26)5-6-28-17/h3-7,10H,8-9H2,1-2H3,(H2,21,26)(H,23,25). The molecule has 0 radical (unpaired) electrons. The number of anilines is 1. The number of hydrogen-bond acceptors (Lipinski definition) is 6. The minimum atomic E-state index is -0.602. The molecule has 0 unspecified atom stereocenters. The van der Waals surface area contributed by atoms with Crippen LogP contribution >= 0.6 is 34.7 Å². The number of halogens is 1. The summed E-state index contributed by atoms with van der Waals surface area (Å²) in [5, 5.41) is 6.13. The Kier molecular flexibility index (Phi) is 6.61. The normalized spacial score (nSPS) is 11.2. The first-order valence-electron chi connectivity index (χ1n) is 8.76. The first-order valence-corrected chi connectivity index (χ1v) is 11.0. The molecule has 0 aliphatic rings. The summed E-state index contributed by atoms with van der Waals surface area (Å²) >= 11 is 8.41. The van der Waals surface area contributed by atoms with Crippen molar-refractivity contribution in [1.82, 2.24) is 9.55 Å². The van der Waals surface area contributed by atoms with Gasteiger partial charge in [-0.25, -0.2) is 4.98 Å². The lowest BCUT2D eigenvalue weighted by Crippen LogP contribution is -2.26. The van der Waals surface area contributed by atoms with Crippen molar-refractivity contribution in [2.45, 2.75) is 25.5 Å². The van der Waals surface area contributed by atoms with Gasteiger partial charge in [0.05, 0.1) is 22.2 Å². The Morgan fingerprint density at radius 3 is 2.79 bits per heavy atom. The molecule has 0 saturated heterocycles. The Morgan fingerprint density at radius 1 is 1.34 bits per heavy atom. The van der Waals surface area contributed by atoms with Gasteiger partial charge in [0.25, 0.3) is 11.5 Å². The summed E-state index contributed by atoms with van der Waals surface area (Å²) in [5.74, 6) is -0.681. The highest BCUT2D eigenvalue weighted by atomic mass is 35.5. The Bertz CT molecular complexity index is 1140. The van der Waals surface area contributed by atoms with Crippen molar-refractivity contribution in [2.24, 2.45) is 11.7 Å². The first-order chi connectivity index (χ1) is 13.8. The number of carbonyl (C=O) groups is 2. The van der Waals surface area contributed by atoms with E-state index >= 15 is 0 Å². The number of thioether (sulfide) groups is 1. The third-order valence-electron chi connectivity index (χ3n) is 3.94. The number of nitrogens with zero attached hydrogens (tertiary/aromatic N) is 2. The van der Waals surface area contributed by atoms with Crippen LogP contribution in [-0.4, -0.2) is 27.1 Å². The molecule has 3 rings (SSSR count). The van der Waals surface area contributed by atoms with Crippen LogP contribution in [0, 0.1) is 5.92 Å². The van der Waals surface area contributed by atoms with Crippen LogP contribution in [0.4, 0.5) is 5.00 Å². The van der Waals surface area contributed by atoms with Crippen LogP contribution < -0.4 is 16.6 Å². The summed E-state index contributed by atoms with van der Waals surface area (Å²) < 4.78 is 1.57. The lowest BCUT2D eigenvalue weighted by atomic mass is 10.2. The van der Waals surface area contributed by atoms with Gasteiger partial charge >= 0.3 is 0 Å². The van der Waals surface area contributed by atoms with Crippen molar-refractivity contribution in [1.29, 1.82) is 0 Å². The second-order valence-electron chi connectivity index (χ2n) is 6.73. The molecule has 0 atom stereocenters. The molecule has 0 aliphatic heterocycles. The SMILES string of the molecule is CC(C)Cn1c(SCC(=O)Nc2sccc2C(N)=O)nc2ccc(Cl)cc2c1=O. The molecule has 1 aromatic carbocycles. The molecule has 3 aromatic rings. The highest BCUT2D eigenvalue weighted by molar-refractivity contribution is 7.99. The Labute approximate surface area is 180 Å². The lowest BCUT2D eigenvalue weighted by Gasteiger charge is -2.15. The number of amides is 2. The number of carbonyl (C=O) groups excluding carboxylic acids is 2. The van der Waals surface area contributed by atoms with Gasteiger partial charge in [0.15, 0.2) is 5.16 Å². The van der Waals surface area contributed by atoms with E-state index in [1.165, 1.54) is 11.3 Å². The quantitative estimate of drug-likeness (QED) is 0.422. The molecule has 10 heteroatoms. The zero-order chi connectivity index (χ0) is 21.1. The number of fused-ring (bicyclic) bond motifs is 1. The van der Waals surface area contributed by atoms with Crippen LogP contribution in [0.5, 0.6) is 0 Å². The fourth-order valence-corrected chi connectivity index (χ4v) is 4.49. The maximum atomic E-state index is 13.0. The van der Waals surface area contributed by atoms with Crippen molar-refractivity contribution in [3.8, 4) is 0 Å². The van der Waals surface area contributed by atoms with Gasteiger partial charge in [0.2, 0.25) is 5.91 Å². The van der Waals surface area contributed by atoms with Crippen LogP contribution in [-0.2, 0) is 11.3 Å². The minimum Gasteiger partial charge on any atom is -0.366 e. The highest BCUT2D eigenvalue weighted by Gasteiger charge is 2.16. The van der Waals surface area contributed by atoms with Gasteiger partial charge < -0.3 is 11.1 Å². The van der Waals surface area contributed by atoms with Crippen molar-refractivity contribution in [3.05, 3.63) is 50.6 Å². The number of nitrogens with one attached hydrogen (secondary N) is 1. The number of aromatic nitrogens is 2. The van der Waals surface area contributed by atoms with E-state index in [4.69, 9.17) is 17.3 Å². The molecule has 3 N–H and O–H groups in total. The third-order valence-corrected chi connectivity index (χ3v) is 5.99. The molecule has 2 aromatic heterocycles. The maximum Gasteiger partial charge on any atom is 0.262 e. The molecule has 0 spiro atoms. The monoisotopic (exact) mass is 450 g/mol. The number of thiophene rings is 1. The molecular formula is C19H19ClN4O3S2. The zero-order valence-corrected chi connectivity index (χ0v) is 18.2. The van der Waals surface area contributed by atoms with E-state index in [1.807, 2.05) is 13.8 Å². The number of benzene rings is 1. The van der Waals surface area contributed by atoms with Gasteiger partial charge in [-0.2, -0.15) is 0 Å². The first kappa shape index (κ1) is 21.4. The van der Waals surface area contributed by atoms with Crippen molar-refractivity contribution in [2.75, 3.05) is 11.1 Å². The highest BCUT2D eigenvalue weighted by Crippen LogP contribution is 2.24. The number of nitrogens with two attached hydrogens (primary N) is 1. The van der Waals surface area contributed by atoms with Gasteiger partial charge in [-0.3, -0.25) is 19.0 Å². The summed E-state index contributed by atoms with van der Waals surface area (Å²) in [6.45, 7) is 4.46. The zero-order valence-electron chi connectivity index (χ0n) is 15.8. The molecular weight excluding hydrogens is 432 g/mol. The summed E-state index contributed by atoms with van der Waals surface area (Å²) in [6.07, 6.45) is 0. The van der Waals surface area contributed by atoms with E-state index in [0.717, 1.165) is 11.8 Å². The van der Waals surface area contributed by atoms with Crippen molar-refractivity contribution in [3.63, 3.8) is 0 Å². The van der Waals surface area contributed by atoms with Gasteiger partial charge in [-0.15, -0.1) is 11.3 Å². The van der Waals surface area contributed by atoms with Crippen molar-refractivity contribution >= 4 is 62.4 Å². The van der Waals surface area contributed by atoms with E-state index in [2.05, 4.69) is 10.3 Å². The summed E-state index contributed by atoms with van der Waals surface area (Å²) in [5.41, 5.74) is 5.90. The summed E-state index contributed by atoms with van der Waals surface area (Å²) in [6, 6.07) is 6.53. The van der Waals surface area contributed by atoms with Crippen molar-refractivity contribution < 1.29 is 9.59 Å². The number of hydrogen-bond donors (Lipinski definition) is 2. The fraction of sp³-hybridized carbons (Fsp3) is 0.263. The smallest absolute Gasteiger partial charge is 0.262 e. The average Bonchev–Trinajstić information content (AvgIpc) is 3.11. The van der Waals surface area contributed by atoms with E-state index < -0.39 is 5.91 Å². The Hall–Kier alpha value is -2.36. The third kappa shape index (κ3) is 4.98. The molecule has 0 aliphatic carbocycles. The topological polar surface area (TPSA) is 107 Å². The largest absolute Gasteiger partial charge is 0.366 e. The van der Waals surface area contributed by atoms with Gasteiger partial charge in [0.1, 0.15) is 5.00 Å². The molecule has 0 fully saturated rings. The van der Waals surface area contributed by atoms with Crippen LogP contribution in [0.1, 0.15) is 24.2 Å². The molecule has 2 heterocycles. The second kappa shape index (κ2) is 8.98. The van der Waals surface area contributed by atoms with Crippen LogP contribution in [0.2, 0.25) is 5.02 Å². The molecule has 2 amide bonds. The molecule has 152 valence electrons. The molecule has 0 saturated carbocycles. The van der Waals surface area contributed by atoms with Crippen LogP contribution in [0.15, 0.2) is 39.6 Å². The lowest BCUT2D eigenvalue weighted by molar-refractivity contribution is -0.113. The van der Waals surface area contributed by atoms with E-state index in [-0.39, 0.29) is 28.7 Å². The molecule has 29 heavy (non-hydrogen) atoms. The summed E-state index contributed by atoms with van der Waals surface area (Å²) in [7, 11) is 0. The Morgan fingerprint density at radius 2 is 2.10 bits per heavy atom. The summed E-state index contributed by atoms with van der Waals surface area (Å²) in [4.78, 5) is 41.3.